The lowest BCUT2D eigenvalue weighted by Gasteiger charge is -2.11. The van der Waals surface area contributed by atoms with Crippen LogP contribution in [-0.2, 0) is 6.42 Å². The number of hydrogen-bond acceptors (Lipinski definition) is 0. The third-order valence-electron chi connectivity index (χ3n) is 4.07. The van der Waals surface area contributed by atoms with E-state index in [0.717, 1.165) is 16.9 Å². The number of rotatable bonds is 2. The lowest BCUT2D eigenvalue weighted by Crippen LogP contribution is -2.20. The average molecular weight is 258 g/mol. The lowest BCUT2D eigenvalue weighted by atomic mass is 9.93. The van der Waals surface area contributed by atoms with E-state index in [9.17, 15) is 0 Å². The molecule has 3 rings (SSSR count). The highest BCUT2D eigenvalue weighted by atomic mass is 14.1. The highest BCUT2D eigenvalue weighted by molar-refractivity contribution is 5.85. The second-order valence-electron chi connectivity index (χ2n) is 5.27. The Bertz CT molecular complexity index is 858. The van der Waals surface area contributed by atoms with Crippen molar-refractivity contribution in [1.29, 1.82) is 0 Å². The Balaban J connectivity index is 2.26. The van der Waals surface area contributed by atoms with E-state index in [-0.39, 0.29) is 0 Å². The van der Waals surface area contributed by atoms with Crippen LogP contribution in [0.4, 0.5) is 0 Å². The Labute approximate surface area is 119 Å². The normalized spacial score (nSPS) is 10.8. The predicted octanol–water partition coefficient (Wildman–Crippen LogP) is 3.56. The van der Waals surface area contributed by atoms with Crippen LogP contribution in [0, 0.1) is 6.92 Å². The summed E-state index contributed by atoms with van der Waals surface area (Å²) in [6.45, 7) is 10.7. The number of benzene rings is 3. The fourth-order valence-electron chi connectivity index (χ4n) is 2.82. The summed E-state index contributed by atoms with van der Waals surface area (Å²) in [4.78, 5) is 0. The smallest absolute Gasteiger partial charge is 0.00170 e. The molecule has 0 unspecified atom stereocenters. The molecule has 0 atom stereocenters. The van der Waals surface area contributed by atoms with E-state index < -0.39 is 0 Å². The van der Waals surface area contributed by atoms with Gasteiger partial charge in [-0.2, -0.15) is 0 Å². The van der Waals surface area contributed by atoms with Gasteiger partial charge in [-0.25, -0.2) is 0 Å². The number of fused-ring (bicyclic) bond motifs is 1. The van der Waals surface area contributed by atoms with E-state index in [1.165, 1.54) is 27.5 Å². The molecule has 0 saturated carbocycles. The zero-order valence-electron chi connectivity index (χ0n) is 11.8. The van der Waals surface area contributed by atoms with Crippen LogP contribution < -0.4 is 10.4 Å². The van der Waals surface area contributed by atoms with Gasteiger partial charge in [0.05, 0.1) is 0 Å². The summed E-state index contributed by atoms with van der Waals surface area (Å²) in [6, 6.07) is 18.9. The van der Waals surface area contributed by atoms with Crippen LogP contribution in [0.15, 0.2) is 54.6 Å². The fourth-order valence-corrected chi connectivity index (χ4v) is 2.82. The van der Waals surface area contributed by atoms with Crippen LogP contribution >= 0.6 is 0 Å². The van der Waals surface area contributed by atoms with Gasteiger partial charge >= 0.3 is 0 Å². The first-order valence-corrected chi connectivity index (χ1v) is 6.90. The molecule has 20 heavy (non-hydrogen) atoms. The number of hydrogen-bond donors (Lipinski definition) is 0. The summed E-state index contributed by atoms with van der Waals surface area (Å²) in [5, 5.41) is 4.69. The summed E-state index contributed by atoms with van der Waals surface area (Å²) in [6.07, 6.45) is 0.916. The third-order valence-corrected chi connectivity index (χ3v) is 4.07. The quantitative estimate of drug-likeness (QED) is 0.659. The molecule has 0 aliphatic rings. The zero-order valence-corrected chi connectivity index (χ0v) is 11.8. The molecule has 0 fully saturated rings. The Morgan fingerprint density at radius 2 is 1.30 bits per heavy atom. The molecule has 0 aliphatic heterocycles. The van der Waals surface area contributed by atoms with Gasteiger partial charge < -0.3 is 0 Å². The Morgan fingerprint density at radius 1 is 0.750 bits per heavy atom. The molecule has 0 amide bonds. The molecular weight excluding hydrogens is 240 g/mol. The maximum Gasteiger partial charge on any atom is -0.00170 e. The Morgan fingerprint density at radius 3 is 1.95 bits per heavy atom. The van der Waals surface area contributed by atoms with E-state index in [1.807, 2.05) is 0 Å². The molecule has 3 aromatic carbocycles. The van der Waals surface area contributed by atoms with Crippen LogP contribution in [0.25, 0.3) is 23.9 Å². The van der Waals surface area contributed by atoms with Crippen molar-refractivity contribution in [3.05, 3.63) is 81.7 Å². The first-order valence-electron chi connectivity index (χ1n) is 6.90. The minimum atomic E-state index is 0.916. The van der Waals surface area contributed by atoms with Crippen molar-refractivity contribution < 1.29 is 0 Å². The molecule has 98 valence electrons. The van der Waals surface area contributed by atoms with Crippen LogP contribution in [0.2, 0.25) is 0 Å². The van der Waals surface area contributed by atoms with E-state index in [4.69, 9.17) is 0 Å². The Kier molecular flexibility index (Phi) is 3.15. The molecule has 0 nitrogen and oxygen atoms in total. The first-order chi connectivity index (χ1) is 9.68. The molecular formula is C20H18. The zero-order chi connectivity index (χ0) is 14.1. The molecule has 0 aliphatic carbocycles. The van der Waals surface area contributed by atoms with E-state index in [2.05, 4.69) is 74.7 Å². The molecule has 0 spiro atoms. The van der Waals surface area contributed by atoms with Crippen LogP contribution in [-0.4, -0.2) is 0 Å². The molecule has 0 radical (unpaired) electrons. The van der Waals surface area contributed by atoms with Crippen molar-refractivity contribution >= 4 is 23.9 Å². The van der Waals surface area contributed by atoms with Crippen LogP contribution in [0.3, 0.4) is 0 Å². The van der Waals surface area contributed by atoms with Gasteiger partial charge in [-0.05, 0) is 51.2 Å². The van der Waals surface area contributed by atoms with Gasteiger partial charge in [0.2, 0.25) is 0 Å². The van der Waals surface area contributed by atoms with Crippen LogP contribution in [0.5, 0.6) is 0 Å². The predicted molar refractivity (Wildman–Crippen MR) is 88.2 cm³/mol. The standard InChI is InChI=1S/C20H18/c1-14-15(2)20(13-17-9-5-4-6-10-17)16(3)19-12-8-7-11-18(14)19/h4-12H,1,3,13H2,2H3. The highest BCUT2D eigenvalue weighted by Crippen LogP contribution is 2.13. The first kappa shape index (κ1) is 12.7. The molecule has 0 saturated heterocycles. The van der Waals surface area contributed by atoms with Gasteiger partial charge in [0.1, 0.15) is 0 Å². The van der Waals surface area contributed by atoms with Gasteiger partial charge in [0.15, 0.2) is 0 Å². The van der Waals surface area contributed by atoms with Crippen molar-refractivity contribution in [2.75, 3.05) is 0 Å². The molecule has 0 N–H and O–H groups in total. The minimum Gasteiger partial charge on any atom is -0.0909 e. The summed E-state index contributed by atoms with van der Waals surface area (Å²) in [7, 11) is 0. The lowest BCUT2D eigenvalue weighted by molar-refractivity contribution is 1.14. The van der Waals surface area contributed by atoms with Gasteiger partial charge in [-0.3, -0.25) is 0 Å². The monoisotopic (exact) mass is 258 g/mol. The van der Waals surface area contributed by atoms with Gasteiger partial charge in [-0.1, -0.05) is 67.8 Å². The topological polar surface area (TPSA) is 0 Å². The second-order valence-corrected chi connectivity index (χ2v) is 5.27. The van der Waals surface area contributed by atoms with Crippen molar-refractivity contribution in [2.45, 2.75) is 13.3 Å². The minimum absolute atomic E-state index is 0.916. The average Bonchev–Trinajstić information content (AvgIpc) is 2.50. The van der Waals surface area contributed by atoms with Crippen molar-refractivity contribution in [1.82, 2.24) is 0 Å². The molecule has 0 bridgehead atoms. The van der Waals surface area contributed by atoms with E-state index >= 15 is 0 Å². The highest BCUT2D eigenvalue weighted by Gasteiger charge is 2.07. The SMILES string of the molecule is C=c1c(C)c(Cc2ccccc2)c(=C)c2ccccc12. The van der Waals surface area contributed by atoms with Gasteiger partial charge in [-0.15, -0.1) is 0 Å². The van der Waals surface area contributed by atoms with Gasteiger partial charge in [0, 0.05) is 0 Å². The molecule has 0 aromatic heterocycles. The third kappa shape index (κ3) is 2.04. The van der Waals surface area contributed by atoms with E-state index in [1.54, 1.807) is 0 Å². The maximum absolute atomic E-state index is 4.32. The van der Waals surface area contributed by atoms with Crippen molar-refractivity contribution in [3.8, 4) is 0 Å². The summed E-state index contributed by atoms with van der Waals surface area (Å²) in [5.74, 6) is 0. The summed E-state index contributed by atoms with van der Waals surface area (Å²) >= 11 is 0. The summed E-state index contributed by atoms with van der Waals surface area (Å²) < 4.78 is 0. The molecule has 0 heteroatoms. The molecule has 3 aromatic rings. The Hall–Kier alpha value is -2.34. The van der Waals surface area contributed by atoms with Crippen molar-refractivity contribution in [3.63, 3.8) is 0 Å². The fraction of sp³-hybridized carbons (Fsp3) is 0.100. The molecule has 0 heterocycles. The van der Waals surface area contributed by atoms with Crippen LogP contribution in [0.1, 0.15) is 16.7 Å². The summed E-state index contributed by atoms with van der Waals surface area (Å²) in [5.41, 5.74) is 3.88. The maximum atomic E-state index is 4.32. The second kappa shape index (κ2) is 4.97. The van der Waals surface area contributed by atoms with Gasteiger partial charge in [0.25, 0.3) is 0 Å². The van der Waals surface area contributed by atoms with E-state index in [0.29, 0.717) is 0 Å². The van der Waals surface area contributed by atoms with Crippen molar-refractivity contribution in [2.24, 2.45) is 0 Å². The largest absolute Gasteiger partial charge is 0.0909 e.